The molecular formula is C20H20N2O3S2. The summed E-state index contributed by atoms with van der Waals surface area (Å²) in [5.41, 5.74) is 4.34. The third kappa shape index (κ3) is 4.31. The highest BCUT2D eigenvalue weighted by molar-refractivity contribution is 8.26. The van der Waals surface area contributed by atoms with Gasteiger partial charge in [0.1, 0.15) is 4.32 Å². The minimum absolute atomic E-state index is 0.0236. The molecular weight excluding hydrogens is 380 g/mol. The highest BCUT2D eigenvalue weighted by Gasteiger charge is 2.31. The van der Waals surface area contributed by atoms with Crippen molar-refractivity contribution in [3.05, 3.63) is 58.3 Å². The lowest BCUT2D eigenvalue weighted by atomic mass is 10.2. The Hall–Kier alpha value is -2.38. The van der Waals surface area contributed by atoms with Gasteiger partial charge in [0.05, 0.1) is 4.91 Å². The van der Waals surface area contributed by atoms with Crippen molar-refractivity contribution in [3.8, 4) is 5.69 Å². The third-order valence-electron chi connectivity index (χ3n) is 4.37. The van der Waals surface area contributed by atoms with Crippen LogP contribution in [-0.2, 0) is 9.59 Å². The summed E-state index contributed by atoms with van der Waals surface area (Å²) < 4.78 is 2.65. The number of carbonyl (C=O) groups excluding carboxylic acids is 1. The Bertz CT molecular complexity index is 910. The molecule has 0 spiro atoms. The predicted octanol–water partition coefficient (Wildman–Crippen LogP) is 4.16. The summed E-state index contributed by atoms with van der Waals surface area (Å²) in [7, 11) is 0. The van der Waals surface area contributed by atoms with E-state index in [-0.39, 0.29) is 12.3 Å². The molecule has 2 heterocycles. The average Bonchev–Trinajstić information content (AvgIpc) is 3.09. The van der Waals surface area contributed by atoms with Crippen LogP contribution in [-0.4, -0.2) is 37.3 Å². The van der Waals surface area contributed by atoms with E-state index in [9.17, 15) is 9.59 Å². The summed E-state index contributed by atoms with van der Waals surface area (Å²) >= 11 is 6.53. The van der Waals surface area contributed by atoms with Crippen LogP contribution in [0.1, 0.15) is 29.8 Å². The van der Waals surface area contributed by atoms with Gasteiger partial charge in [-0.2, -0.15) is 0 Å². The molecule has 0 aliphatic carbocycles. The molecule has 0 saturated carbocycles. The molecule has 7 heteroatoms. The molecule has 1 N–H and O–H groups in total. The predicted molar refractivity (Wildman–Crippen MR) is 112 cm³/mol. The summed E-state index contributed by atoms with van der Waals surface area (Å²) in [6.45, 7) is 4.46. The molecule has 0 unspecified atom stereocenters. The topological polar surface area (TPSA) is 62.5 Å². The van der Waals surface area contributed by atoms with Crippen molar-refractivity contribution in [2.24, 2.45) is 0 Å². The second-order valence-electron chi connectivity index (χ2n) is 6.37. The number of thioether (sulfide) groups is 1. The van der Waals surface area contributed by atoms with Gasteiger partial charge in [0.2, 0.25) is 0 Å². The molecule has 1 aromatic carbocycles. The van der Waals surface area contributed by atoms with Crippen molar-refractivity contribution in [2.45, 2.75) is 26.7 Å². The van der Waals surface area contributed by atoms with Gasteiger partial charge in [-0.15, -0.1) is 0 Å². The molecule has 1 aliphatic rings. The molecule has 0 atom stereocenters. The first-order chi connectivity index (χ1) is 12.9. The number of hydrogen-bond acceptors (Lipinski definition) is 4. The number of carboxylic acid groups (broad SMARTS) is 1. The van der Waals surface area contributed by atoms with Crippen molar-refractivity contribution < 1.29 is 14.7 Å². The Balaban J connectivity index is 1.74. The summed E-state index contributed by atoms with van der Waals surface area (Å²) in [5.74, 6) is -1.03. The van der Waals surface area contributed by atoms with Gasteiger partial charge in [-0.1, -0.05) is 36.1 Å². The summed E-state index contributed by atoms with van der Waals surface area (Å²) in [4.78, 5) is 25.2. The van der Waals surface area contributed by atoms with Crippen LogP contribution in [0.4, 0.5) is 0 Å². The van der Waals surface area contributed by atoms with E-state index in [0.717, 1.165) is 11.3 Å². The fourth-order valence-corrected chi connectivity index (χ4v) is 4.34. The Morgan fingerprint density at radius 1 is 1.15 bits per heavy atom. The molecule has 1 amide bonds. The van der Waals surface area contributed by atoms with Crippen molar-refractivity contribution in [2.75, 3.05) is 6.54 Å². The molecule has 1 aliphatic heterocycles. The highest BCUT2D eigenvalue weighted by Crippen LogP contribution is 2.33. The SMILES string of the molecule is Cc1ccc(C)n1-c1ccc(/C=C2\SC(=S)N(CCCC(=O)O)C2=O)cc1. The fourth-order valence-electron chi connectivity index (χ4n) is 3.03. The van der Waals surface area contributed by atoms with Crippen LogP contribution in [0.25, 0.3) is 11.8 Å². The van der Waals surface area contributed by atoms with E-state index in [4.69, 9.17) is 17.3 Å². The van der Waals surface area contributed by atoms with Gasteiger partial charge in [-0.3, -0.25) is 14.5 Å². The van der Waals surface area contributed by atoms with Gasteiger partial charge in [-0.25, -0.2) is 0 Å². The minimum Gasteiger partial charge on any atom is -0.481 e. The second-order valence-corrected chi connectivity index (χ2v) is 8.05. The van der Waals surface area contributed by atoms with Gasteiger partial charge in [0.25, 0.3) is 5.91 Å². The first-order valence-electron chi connectivity index (χ1n) is 8.59. The molecule has 1 fully saturated rings. The number of aliphatic carboxylic acids is 1. The Kier molecular flexibility index (Phi) is 5.82. The maximum Gasteiger partial charge on any atom is 0.303 e. The number of amides is 1. The molecule has 0 radical (unpaired) electrons. The van der Waals surface area contributed by atoms with Crippen LogP contribution in [0.15, 0.2) is 41.3 Å². The van der Waals surface area contributed by atoms with Gasteiger partial charge >= 0.3 is 5.97 Å². The molecule has 140 valence electrons. The second kappa shape index (κ2) is 8.10. The number of aromatic nitrogens is 1. The summed E-state index contributed by atoms with van der Waals surface area (Å²) in [6, 6.07) is 12.2. The normalized spacial score (nSPS) is 15.8. The molecule has 0 bridgehead atoms. The Labute approximate surface area is 167 Å². The van der Waals surface area contributed by atoms with E-state index in [2.05, 4.69) is 30.5 Å². The number of benzene rings is 1. The zero-order chi connectivity index (χ0) is 19.6. The number of rotatable bonds is 6. The van der Waals surface area contributed by atoms with Gasteiger partial charge < -0.3 is 9.67 Å². The lowest BCUT2D eigenvalue weighted by Crippen LogP contribution is -2.29. The first kappa shape index (κ1) is 19.4. The number of hydrogen-bond donors (Lipinski definition) is 1. The van der Waals surface area contributed by atoms with Crippen LogP contribution in [0.2, 0.25) is 0 Å². The molecule has 1 saturated heterocycles. The Morgan fingerprint density at radius 3 is 2.37 bits per heavy atom. The standard InChI is InChI=1S/C20H20N2O3S2/c1-13-5-6-14(2)22(13)16-9-7-15(8-10-16)12-17-19(25)21(20(26)27-17)11-3-4-18(23)24/h5-10,12H,3-4,11H2,1-2H3,(H,23,24)/b17-12-. The molecule has 1 aromatic heterocycles. The highest BCUT2D eigenvalue weighted by atomic mass is 32.2. The zero-order valence-electron chi connectivity index (χ0n) is 15.1. The smallest absolute Gasteiger partial charge is 0.303 e. The monoisotopic (exact) mass is 400 g/mol. The van der Waals surface area contributed by atoms with E-state index in [1.165, 1.54) is 28.0 Å². The lowest BCUT2D eigenvalue weighted by molar-refractivity contribution is -0.137. The van der Waals surface area contributed by atoms with E-state index in [1.54, 1.807) is 0 Å². The van der Waals surface area contributed by atoms with E-state index in [0.29, 0.717) is 22.2 Å². The lowest BCUT2D eigenvalue weighted by Gasteiger charge is -2.13. The first-order valence-corrected chi connectivity index (χ1v) is 9.82. The third-order valence-corrected chi connectivity index (χ3v) is 5.74. The zero-order valence-corrected chi connectivity index (χ0v) is 16.8. The number of carbonyl (C=O) groups is 2. The summed E-state index contributed by atoms with van der Waals surface area (Å²) in [5, 5.41) is 8.74. The van der Waals surface area contributed by atoms with E-state index >= 15 is 0 Å². The van der Waals surface area contributed by atoms with Gasteiger partial charge in [-0.05, 0) is 56.2 Å². The van der Waals surface area contributed by atoms with Crippen molar-refractivity contribution in [1.82, 2.24) is 9.47 Å². The summed E-state index contributed by atoms with van der Waals surface area (Å²) in [6.07, 6.45) is 2.24. The Morgan fingerprint density at radius 2 is 1.78 bits per heavy atom. The fraction of sp³-hybridized carbons (Fsp3) is 0.250. The quantitative estimate of drug-likeness (QED) is 0.583. The van der Waals surface area contributed by atoms with E-state index < -0.39 is 5.97 Å². The van der Waals surface area contributed by atoms with Crippen LogP contribution in [0.3, 0.4) is 0 Å². The number of carboxylic acids is 1. The molecule has 2 aromatic rings. The van der Waals surface area contributed by atoms with E-state index in [1.807, 2.05) is 30.3 Å². The van der Waals surface area contributed by atoms with Crippen molar-refractivity contribution in [3.63, 3.8) is 0 Å². The maximum absolute atomic E-state index is 12.5. The number of aryl methyl sites for hydroxylation is 2. The largest absolute Gasteiger partial charge is 0.481 e. The van der Waals surface area contributed by atoms with Crippen molar-refractivity contribution in [1.29, 1.82) is 0 Å². The van der Waals surface area contributed by atoms with Crippen LogP contribution >= 0.6 is 24.0 Å². The van der Waals surface area contributed by atoms with Crippen LogP contribution < -0.4 is 0 Å². The molecule has 5 nitrogen and oxygen atoms in total. The van der Waals surface area contributed by atoms with Crippen molar-refractivity contribution >= 4 is 46.3 Å². The van der Waals surface area contributed by atoms with Crippen LogP contribution in [0.5, 0.6) is 0 Å². The van der Waals surface area contributed by atoms with Gasteiger partial charge in [0, 0.05) is 30.0 Å². The molecule has 27 heavy (non-hydrogen) atoms. The van der Waals surface area contributed by atoms with Crippen LogP contribution in [0, 0.1) is 13.8 Å². The molecule has 3 rings (SSSR count). The number of thiocarbonyl (C=S) groups is 1. The number of nitrogens with zero attached hydrogens (tertiary/aromatic N) is 2. The average molecular weight is 401 g/mol. The minimum atomic E-state index is -0.871. The maximum atomic E-state index is 12.5. The van der Waals surface area contributed by atoms with Gasteiger partial charge in [0.15, 0.2) is 0 Å².